The van der Waals surface area contributed by atoms with Gasteiger partial charge in [0, 0.05) is 37.5 Å². The molecule has 162 valence electrons. The van der Waals surface area contributed by atoms with Crippen molar-refractivity contribution in [2.75, 3.05) is 51.1 Å². The Balaban J connectivity index is 1.65. The third-order valence-corrected chi connectivity index (χ3v) is 5.59. The number of hydrogen-bond acceptors (Lipinski definition) is 5. The number of carbonyl (C=O) groups is 1. The van der Waals surface area contributed by atoms with Crippen LogP contribution in [0.15, 0.2) is 36.4 Å². The van der Waals surface area contributed by atoms with Crippen LogP contribution in [0.5, 0.6) is 11.5 Å². The number of piperidine rings is 1. The first-order chi connectivity index (χ1) is 14.5. The number of carbonyl (C=O) groups excluding carboxylic acids is 1. The van der Waals surface area contributed by atoms with E-state index in [0.717, 1.165) is 13.1 Å². The minimum atomic E-state index is -0.129. The first-order valence-corrected chi connectivity index (χ1v) is 10.6. The smallest absolute Gasteiger partial charge is 0.238 e. The number of anilines is 2. The number of nitrogens with one attached hydrogen (secondary N) is 1. The predicted octanol–water partition coefficient (Wildman–Crippen LogP) is 4.42. The van der Waals surface area contributed by atoms with E-state index in [1.165, 1.54) is 44.7 Å². The van der Waals surface area contributed by atoms with E-state index in [2.05, 4.69) is 34.5 Å². The number of para-hydroxylation sites is 1. The fourth-order valence-corrected chi connectivity index (χ4v) is 4.06. The first-order valence-electron chi connectivity index (χ1n) is 10.2. The highest BCUT2D eigenvalue weighted by atomic mass is 35.5. The maximum absolute atomic E-state index is 12.7. The van der Waals surface area contributed by atoms with Gasteiger partial charge in [-0.05, 0) is 37.9 Å². The molecule has 0 atom stereocenters. The average Bonchev–Trinajstić information content (AvgIpc) is 2.75. The number of benzene rings is 2. The van der Waals surface area contributed by atoms with E-state index in [4.69, 9.17) is 21.1 Å². The Hall–Kier alpha value is -2.44. The van der Waals surface area contributed by atoms with Crippen molar-refractivity contribution in [2.24, 2.45) is 0 Å². The van der Waals surface area contributed by atoms with E-state index in [1.807, 2.05) is 11.9 Å². The second-order valence-corrected chi connectivity index (χ2v) is 7.99. The van der Waals surface area contributed by atoms with Crippen molar-refractivity contribution in [3.8, 4) is 11.5 Å². The largest absolute Gasteiger partial charge is 0.495 e. The van der Waals surface area contributed by atoms with Gasteiger partial charge in [-0.1, -0.05) is 29.8 Å². The summed E-state index contributed by atoms with van der Waals surface area (Å²) in [4.78, 5) is 17.1. The molecule has 0 radical (unpaired) electrons. The summed E-state index contributed by atoms with van der Waals surface area (Å²) in [7, 11) is 5.02. The van der Waals surface area contributed by atoms with Crippen LogP contribution in [0.25, 0.3) is 0 Å². The number of ether oxygens (including phenoxy) is 2. The maximum atomic E-state index is 12.7. The first kappa shape index (κ1) is 22.2. The van der Waals surface area contributed by atoms with E-state index in [9.17, 15) is 4.79 Å². The lowest BCUT2D eigenvalue weighted by atomic mass is 10.1. The summed E-state index contributed by atoms with van der Waals surface area (Å²) in [6.07, 6.45) is 3.77. The van der Waals surface area contributed by atoms with Crippen molar-refractivity contribution in [1.29, 1.82) is 0 Å². The molecule has 0 aromatic heterocycles. The van der Waals surface area contributed by atoms with Gasteiger partial charge in [0.05, 0.1) is 31.5 Å². The summed E-state index contributed by atoms with van der Waals surface area (Å²) in [6, 6.07) is 11.8. The van der Waals surface area contributed by atoms with Crippen LogP contribution in [-0.2, 0) is 11.3 Å². The Morgan fingerprint density at radius 1 is 1.10 bits per heavy atom. The van der Waals surface area contributed by atoms with Gasteiger partial charge in [-0.3, -0.25) is 9.69 Å². The minimum absolute atomic E-state index is 0.129. The molecule has 1 N–H and O–H groups in total. The lowest BCUT2D eigenvalue weighted by Crippen LogP contribution is -2.33. The van der Waals surface area contributed by atoms with Gasteiger partial charge >= 0.3 is 0 Å². The molecular formula is C23H30ClN3O3. The molecule has 6 nitrogen and oxygen atoms in total. The summed E-state index contributed by atoms with van der Waals surface area (Å²) < 4.78 is 10.6. The molecule has 30 heavy (non-hydrogen) atoms. The van der Waals surface area contributed by atoms with Crippen molar-refractivity contribution in [3.05, 3.63) is 47.0 Å². The summed E-state index contributed by atoms with van der Waals surface area (Å²) in [5.41, 5.74) is 3.04. The zero-order valence-corrected chi connectivity index (χ0v) is 18.7. The van der Waals surface area contributed by atoms with Crippen LogP contribution in [0.3, 0.4) is 0 Å². The second kappa shape index (κ2) is 10.5. The zero-order valence-electron chi connectivity index (χ0n) is 17.9. The fourth-order valence-electron chi connectivity index (χ4n) is 3.83. The van der Waals surface area contributed by atoms with Gasteiger partial charge in [0.1, 0.15) is 11.5 Å². The normalized spacial score (nSPS) is 14.0. The zero-order chi connectivity index (χ0) is 21.5. The van der Waals surface area contributed by atoms with E-state index in [1.54, 1.807) is 12.1 Å². The number of halogens is 1. The Morgan fingerprint density at radius 2 is 1.80 bits per heavy atom. The van der Waals surface area contributed by atoms with Gasteiger partial charge in [0.2, 0.25) is 5.91 Å². The van der Waals surface area contributed by atoms with E-state index >= 15 is 0 Å². The molecule has 1 fully saturated rings. The van der Waals surface area contributed by atoms with Crippen molar-refractivity contribution < 1.29 is 14.3 Å². The third-order valence-electron chi connectivity index (χ3n) is 5.29. The summed E-state index contributed by atoms with van der Waals surface area (Å²) in [6.45, 7) is 3.14. The molecule has 0 bridgehead atoms. The van der Waals surface area contributed by atoms with Crippen LogP contribution in [0.1, 0.15) is 24.8 Å². The minimum Gasteiger partial charge on any atom is -0.495 e. The molecule has 1 heterocycles. The number of methoxy groups -OCH3 is 2. The highest BCUT2D eigenvalue weighted by Crippen LogP contribution is 2.35. The predicted molar refractivity (Wildman–Crippen MR) is 122 cm³/mol. The molecule has 1 aliphatic rings. The molecule has 1 amide bonds. The topological polar surface area (TPSA) is 54.0 Å². The quantitative estimate of drug-likeness (QED) is 0.670. The molecular weight excluding hydrogens is 402 g/mol. The Bertz CT molecular complexity index is 869. The van der Waals surface area contributed by atoms with Gasteiger partial charge in [-0.25, -0.2) is 0 Å². The number of amides is 1. The van der Waals surface area contributed by atoms with E-state index in [0.29, 0.717) is 28.8 Å². The highest BCUT2D eigenvalue weighted by molar-refractivity contribution is 6.32. The number of hydrogen-bond donors (Lipinski definition) is 1. The Morgan fingerprint density at radius 3 is 2.50 bits per heavy atom. The van der Waals surface area contributed by atoms with Gasteiger partial charge in [0.15, 0.2) is 0 Å². The Labute approximate surface area is 183 Å². The molecule has 1 saturated heterocycles. The van der Waals surface area contributed by atoms with E-state index < -0.39 is 0 Å². The maximum Gasteiger partial charge on any atom is 0.238 e. The molecule has 2 aromatic rings. The van der Waals surface area contributed by atoms with Crippen molar-refractivity contribution in [2.45, 2.75) is 25.8 Å². The molecule has 1 aliphatic heterocycles. The fraction of sp³-hybridized carbons (Fsp3) is 0.435. The van der Waals surface area contributed by atoms with Crippen LogP contribution in [-0.4, -0.2) is 51.7 Å². The molecule has 0 aliphatic carbocycles. The SMILES string of the molecule is COc1cc(NC(=O)CN(C)Cc2ccccc2N2CCCCC2)c(OC)cc1Cl. The van der Waals surface area contributed by atoms with Crippen LogP contribution in [0, 0.1) is 0 Å². The van der Waals surface area contributed by atoms with Gasteiger partial charge in [-0.15, -0.1) is 0 Å². The third kappa shape index (κ3) is 5.58. The number of nitrogens with zero attached hydrogens (tertiary/aromatic N) is 2. The van der Waals surface area contributed by atoms with Crippen molar-refractivity contribution >= 4 is 28.9 Å². The monoisotopic (exact) mass is 431 g/mol. The summed E-state index contributed by atoms with van der Waals surface area (Å²) >= 11 is 6.14. The molecule has 0 spiro atoms. The lowest BCUT2D eigenvalue weighted by Gasteiger charge is -2.31. The van der Waals surface area contributed by atoms with Crippen LogP contribution in [0.4, 0.5) is 11.4 Å². The molecule has 0 saturated carbocycles. The number of rotatable bonds is 8. The van der Waals surface area contributed by atoms with Crippen molar-refractivity contribution in [3.63, 3.8) is 0 Å². The standard InChI is InChI=1S/C23H30ClN3O3/c1-26(15-17-9-5-6-10-20(17)27-11-7-4-8-12-27)16-23(28)25-19-14-21(29-2)18(24)13-22(19)30-3/h5-6,9-10,13-14H,4,7-8,11-12,15-16H2,1-3H3,(H,25,28). The summed E-state index contributed by atoms with van der Waals surface area (Å²) in [5, 5.41) is 3.33. The van der Waals surface area contributed by atoms with Crippen molar-refractivity contribution in [1.82, 2.24) is 4.90 Å². The van der Waals surface area contributed by atoms with Gasteiger partial charge in [-0.2, -0.15) is 0 Å². The molecule has 7 heteroatoms. The number of likely N-dealkylation sites (N-methyl/N-ethyl adjacent to an activating group) is 1. The Kier molecular flexibility index (Phi) is 7.82. The van der Waals surface area contributed by atoms with Crippen LogP contribution in [0.2, 0.25) is 5.02 Å². The van der Waals surface area contributed by atoms with Crippen LogP contribution < -0.4 is 19.7 Å². The molecule has 0 unspecified atom stereocenters. The lowest BCUT2D eigenvalue weighted by molar-refractivity contribution is -0.117. The van der Waals surface area contributed by atoms with Gasteiger partial charge in [0.25, 0.3) is 0 Å². The molecule has 2 aromatic carbocycles. The second-order valence-electron chi connectivity index (χ2n) is 7.58. The highest BCUT2D eigenvalue weighted by Gasteiger charge is 2.17. The van der Waals surface area contributed by atoms with Crippen LogP contribution >= 0.6 is 11.6 Å². The molecule has 3 rings (SSSR count). The van der Waals surface area contributed by atoms with Gasteiger partial charge < -0.3 is 19.7 Å². The van der Waals surface area contributed by atoms with E-state index in [-0.39, 0.29) is 12.5 Å². The average molecular weight is 432 g/mol. The summed E-state index contributed by atoms with van der Waals surface area (Å²) in [5.74, 6) is 0.847.